The Balaban J connectivity index is 1.84. The van der Waals surface area contributed by atoms with Crippen LogP contribution in [0.2, 0.25) is 0 Å². The summed E-state index contributed by atoms with van der Waals surface area (Å²) in [4.78, 5) is 33.1. The van der Waals surface area contributed by atoms with Crippen molar-refractivity contribution in [2.75, 3.05) is 19.8 Å². The molecule has 2 aliphatic heterocycles. The Labute approximate surface area is 117 Å². The number of ether oxygens (including phenoxy) is 1. The number of H-pyrrole nitrogens is 1. The van der Waals surface area contributed by atoms with Crippen molar-refractivity contribution < 1.29 is 9.53 Å². The molecule has 0 aliphatic carbocycles. The van der Waals surface area contributed by atoms with Crippen LogP contribution in [0.3, 0.4) is 0 Å². The third kappa shape index (κ3) is 2.47. The van der Waals surface area contributed by atoms with Gasteiger partial charge in [-0.2, -0.15) is 0 Å². The summed E-state index contributed by atoms with van der Waals surface area (Å²) in [5, 5.41) is 0. The molecular formula is C14H19N3O3. The quantitative estimate of drug-likeness (QED) is 0.866. The van der Waals surface area contributed by atoms with E-state index in [1.807, 2.05) is 4.90 Å². The highest BCUT2D eigenvalue weighted by atomic mass is 16.5. The molecule has 1 aromatic heterocycles. The van der Waals surface area contributed by atoms with Gasteiger partial charge < -0.3 is 14.6 Å². The second-order valence-electron chi connectivity index (χ2n) is 5.52. The van der Waals surface area contributed by atoms with Crippen LogP contribution in [-0.4, -0.2) is 40.5 Å². The van der Waals surface area contributed by atoms with Crippen molar-refractivity contribution in [2.45, 2.75) is 32.2 Å². The summed E-state index contributed by atoms with van der Waals surface area (Å²) in [5.74, 6) is 0.709. The lowest BCUT2D eigenvalue weighted by Gasteiger charge is -2.26. The number of nitrogens with zero attached hydrogens (tertiary/aromatic N) is 2. The normalized spacial score (nSPS) is 26.1. The first-order valence-corrected chi connectivity index (χ1v) is 7.11. The van der Waals surface area contributed by atoms with Crippen LogP contribution < -0.4 is 5.56 Å². The van der Waals surface area contributed by atoms with Gasteiger partial charge in [-0.1, -0.05) is 0 Å². The number of carbonyl (C=O) groups is 1. The molecule has 1 amide bonds. The minimum Gasteiger partial charge on any atom is -0.381 e. The molecule has 2 unspecified atom stereocenters. The SMILES string of the molecule is Cc1cc(=O)[nH]c(C2CCCN2C(=O)C2CCOC2)n1. The summed E-state index contributed by atoms with van der Waals surface area (Å²) >= 11 is 0. The number of rotatable bonds is 2. The number of aromatic amines is 1. The van der Waals surface area contributed by atoms with Crippen LogP contribution in [0.1, 0.15) is 36.8 Å². The summed E-state index contributed by atoms with van der Waals surface area (Å²) in [6.45, 7) is 3.70. The van der Waals surface area contributed by atoms with Gasteiger partial charge in [0.05, 0.1) is 18.6 Å². The summed E-state index contributed by atoms with van der Waals surface area (Å²) in [5.41, 5.74) is 0.531. The first-order valence-electron chi connectivity index (χ1n) is 7.11. The number of aryl methyl sites for hydroxylation is 1. The zero-order chi connectivity index (χ0) is 14.1. The minimum absolute atomic E-state index is 0.0351. The molecule has 0 bridgehead atoms. The number of aromatic nitrogens is 2. The van der Waals surface area contributed by atoms with Crippen molar-refractivity contribution in [1.29, 1.82) is 0 Å². The number of nitrogens with one attached hydrogen (secondary N) is 1. The maximum Gasteiger partial charge on any atom is 0.251 e. The Kier molecular flexibility index (Phi) is 3.56. The van der Waals surface area contributed by atoms with Gasteiger partial charge in [0.25, 0.3) is 5.56 Å². The zero-order valence-corrected chi connectivity index (χ0v) is 11.6. The molecule has 2 saturated heterocycles. The first kappa shape index (κ1) is 13.3. The molecule has 6 heteroatoms. The van der Waals surface area contributed by atoms with Crippen molar-refractivity contribution in [2.24, 2.45) is 5.92 Å². The van der Waals surface area contributed by atoms with Gasteiger partial charge in [0, 0.05) is 24.9 Å². The maximum atomic E-state index is 12.5. The van der Waals surface area contributed by atoms with Gasteiger partial charge >= 0.3 is 0 Å². The van der Waals surface area contributed by atoms with Crippen LogP contribution in [0, 0.1) is 12.8 Å². The molecule has 2 aliphatic rings. The van der Waals surface area contributed by atoms with E-state index < -0.39 is 0 Å². The summed E-state index contributed by atoms with van der Waals surface area (Å²) < 4.78 is 5.30. The van der Waals surface area contributed by atoms with E-state index in [1.54, 1.807) is 6.92 Å². The largest absolute Gasteiger partial charge is 0.381 e. The van der Waals surface area contributed by atoms with E-state index in [1.165, 1.54) is 6.07 Å². The average molecular weight is 277 g/mol. The average Bonchev–Trinajstić information content (AvgIpc) is 3.08. The van der Waals surface area contributed by atoms with Gasteiger partial charge in [-0.25, -0.2) is 4.98 Å². The van der Waals surface area contributed by atoms with E-state index in [4.69, 9.17) is 4.74 Å². The summed E-state index contributed by atoms with van der Waals surface area (Å²) in [6, 6.07) is 1.37. The molecule has 0 aromatic carbocycles. The Bertz CT molecular complexity index is 563. The van der Waals surface area contributed by atoms with E-state index >= 15 is 0 Å². The lowest BCUT2D eigenvalue weighted by atomic mass is 10.1. The molecule has 20 heavy (non-hydrogen) atoms. The number of amides is 1. The second-order valence-corrected chi connectivity index (χ2v) is 5.52. The maximum absolute atomic E-state index is 12.5. The molecule has 0 radical (unpaired) electrons. The van der Waals surface area contributed by atoms with Crippen molar-refractivity contribution in [3.05, 3.63) is 27.9 Å². The van der Waals surface area contributed by atoms with E-state index in [9.17, 15) is 9.59 Å². The lowest BCUT2D eigenvalue weighted by molar-refractivity contribution is -0.136. The van der Waals surface area contributed by atoms with Crippen molar-refractivity contribution in [3.8, 4) is 0 Å². The molecule has 3 rings (SSSR count). The number of hydrogen-bond acceptors (Lipinski definition) is 4. The predicted octanol–water partition coefficient (Wildman–Crippen LogP) is 0.778. The monoisotopic (exact) mass is 277 g/mol. The molecule has 1 aromatic rings. The number of likely N-dealkylation sites (tertiary alicyclic amines) is 1. The topological polar surface area (TPSA) is 75.3 Å². The van der Waals surface area contributed by atoms with E-state index in [-0.39, 0.29) is 23.4 Å². The van der Waals surface area contributed by atoms with Crippen LogP contribution in [0.25, 0.3) is 0 Å². The molecule has 0 spiro atoms. The third-order valence-electron chi connectivity index (χ3n) is 4.02. The Morgan fingerprint density at radius 1 is 1.50 bits per heavy atom. The number of carbonyl (C=O) groups excluding carboxylic acids is 1. The van der Waals surface area contributed by atoms with E-state index in [2.05, 4.69) is 9.97 Å². The van der Waals surface area contributed by atoms with Crippen molar-refractivity contribution in [1.82, 2.24) is 14.9 Å². The van der Waals surface area contributed by atoms with Crippen LogP contribution in [0.5, 0.6) is 0 Å². The van der Waals surface area contributed by atoms with Gasteiger partial charge in [-0.05, 0) is 26.2 Å². The molecule has 2 fully saturated rings. The highest BCUT2D eigenvalue weighted by molar-refractivity contribution is 5.79. The molecule has 2 atom stereocenters. The van der Waals surface area contributed by atoms with Gasteiger partial charge in [-0.3, -0.25) is 9.59 Å². The fraction of sp³-hybridized carbons (Fsp3) is 0.643. The minimum atomic E-state index is -0.156. The molecular weight excluding hydrogens is 258 g/mol. The second kappa shape index (κ2) is 5.36. The highest BCUT2D eigenvalue weighted by Crippen LogP contribution is 2.32. The highest BCUT2D eigenvalue weighted by Gasteiger charge is 2.36. The molecule has 108 valence electrons. The van der Waals surface area contributed by atoms with E-state index in [0.29, 0.717) is 24.7 Å². The van der Waals surface area contributed by atoms with Gasteiger partial charge in [0.15, 0.2) is 0 Å². The van der Waals surface area contributed by atoms with Gasteiger partial charge in [-0.15, -0.1) is 0 Å². The molecule has 1 N–H and O–H groups in total. The van der Waals surface area contributed by atoms with Crippen LogP contribution in [-0.2, 0) is 9.53 Å². The summed E-state index contributed by atoms with van der Waals surface area (Å²) in [7, 11) is 0. The molecule has 0 saturated carbocycles. The van der Waals surface area contributed by atoms with Crippen LogP contribution in [0.15, 0.2) is 10.9 Å². The molecule has 6 nitrogen and oxygen atoms in total. The van der Waals surface area contributed by atoms with Crippen LogP contribution >= 0.6 is 0 Å². The number of hydrogen-bond donors (Lipinski definition) is 1. The third-order valence-corrected chi connectivity index (χ3v) is 4.02. The lowest BCUT2D eigenvalue weighted by Crippen LogP contribution is -2.37. The Morgan fingerprint density at radius 3 is 3.05 bits per heavy atom. The Morgan fingerprint density at radius 2 is 2.35 bits per heavy atom. The van der Waals surface area contributed by atoms with Crippen molar-refractivity contribution in [3.63, 3.8) is 0 Å². The Hall–Kier alpha value is -1.69. The standard InChI is InChI=1S/C14H19N3O3/c1-9-7-12(18)16-13(15-9)11-3-2-5-17(11)14(19)10-4-6-20-8-10/h7,10-11H,2-6,8H2,1H3,(H,15,16,18). The zero-order valence-electron chi connectivity index (χ0n) is 11.6. The molecule has 3 heterocycles. The van der Waals surface area contributed by atoms with E-state index in [0.717, 1.165) is 25.8 Å². The van der Waals surface area contributed by atoms with Gasteiger partial charge in [0.1, 0.15) is 5.82 Å². The van der Waals surface area contributed by atoms with Crippen molar-refractivity contribution >= 4 is 5.91 Å². The summed E-state index contributed by atoms with van der Waals surface area (Å²) in [6.07, 6.45) is 2.59. The smallest absolute Gasteiger partial charge is 0.251 e. The fourth-order valence-corrected chi connectivity index (χ4v) is 3.04. The first-order chi connectivity index (χ1) is 9.65. The van der Waals surface area contributed by atoms with Gasteiger partial charge in [0.2, 0.25) is 5.91 Å². The predicted molar refractivity (Wildman–Crippen MR) is 72.2 cm³/mol. The fourth-order valence-electron chi connectivity index (χ4n) is 3.04. The van der Waals surface area contributed by atoms with Crippen LogP contribution in [0.4, 0.5) is 0 Å².